The fourth-order valence-corrected chi connectivity index (χ4v) is 2.54. The normalized spacial score (nSPS) is 11.1. The van der Waals surface area contributed by atoms with E-state index in [1.165, 1.54) is 0 Å². The highest BCUT2D eigenvalue weighted by Crippen LogP contribution is 2.14. The summed E-state index contributed by atoms with van der Waals surface area (Å²) in [6.45, 7) is 1.48. The second-order valence-corrected chi connectivity index (χ2v) is 6.46. The fraction of sp³-hybridized carbons (Fsp3) is 0.286. The second kappa shape index (κ2) is 12.3. The zero-order valence-electron chi connectivity index (χ0n) is 16.4. The number of hydrogen-bond donors (Lipinski definition) is 2. The maximum Gasteiger partial charge on any atom is 0.408 e. The highest BCUT2D eigenvalue weighted by Gasteiger charge is 2.24. The van der Waals surface area contributed by atoms with Gasteiger partial charge in [-0.15, -0.1) is 0 Å². The van der Waals surface area contributed by atoms with Crippen LogP contribution in [0.5, 0.6) is 0 Å². The lowest BCUT2D eigenvalue weighted by molar-refractivity contribution is -0.146. The Balaban J connectivity index is 1.83. The molecule has 0 saturated heterocycles. The Hall–Kier alpha value is -3.26. The van der Waals surface area contributed by atoms with Crippen LogP contribution in [-0.2, 0) is 32.2 Å². The molecule has 0 aliphatic carbocycles. The lowest BCUT2D eigenvalue weighted by Crippen LogP contribution is -2.46. The smallest absolute Gasteiger partial charge is 0.408 e. The van der Waals surface area contributed by atoms with Crippen LogP contribution in [0.1, 0.15) is 18.1 Å². The third-order valence-electron chi connectivity index (χ3n) is 3.84. The number of alkyl carbamates (subject to hydrolysis) is 2. The summed E-state index contributed by atoms with van der Waals surface area (Å²) in [5.41, 5.74) is 1.50. The van der Waals surface area contributed by atoms with Gasteiger partial charge in [0.15, 0.2) is 6.04 Å². The highest BCUT2D eigenvalue weighted by atomic mass is 35.5. The van der Waals surface area contributed by atoms with Gasteiger partial charge in [-0.2, -0.15) is 0 Å². The molecule has 8 nitrogen and oxygen atoms in total. The standard InChI is InChI=1S/C21H23ClN2O6/c1-2-28-19(25)18(24-21(27)29-13-15-8-4-3-5-9-15)14-30-20(26)23-12-16-10-6-7-11-17(16)22/h3-11,18H,2,12-14H2,1H3,(H,23,26)(H,24,27)/t18-/m0/s1. The molecule has 0 unspecified atom stereocenters. The van der Waals surface area contributed by atoms with Gasteiger partial charge in [-0.05, 0) is 24.1 Å². The molecule has 0 saturated carbocycles. The number of ether oxygens (including phenoxy) is 3. The van der Waals surface area contributed by atoms with E-state index in [1.54, 1.807) is 43.3 Å². The molecule has 0 aliphatic heterocycles. The van der Waals surface area contributed by atoms with Crippen molar-refractivity contribution in [3.8, 4) is 0 Å². The van der Waals surface area contributed by atoms with Crippen molar-refractivity contribution in [2.75, 3.05) is 13.2 Å². The van der Waals surface area contributed by atoms with Crippen LogP contribution < -0.4 is 10.6 Å². The van der Waals surface area contributed by atoms with Gasteiger partial charge >= 0.3 is 18.2 Å². The number of carbonyl (C=O) groups excluding carboxylic acids is 3. The topological polar surface area (TPSA) is 103 Å². The van der Waals surface area contributed by atoms with Crippen LogP contribution in [0, 0.1) is 0 Å². The third-order valence-corrected chi connectivity index (χ3v) is 4.21. The van der Waals surface area contributed by atoms with Crippen molar-refractivity contribution in [2.45, 2.75) is 26.1 Å². The van der Waals surface area contributed by atoms with Gasteiger partial charge in [0.2, 0.25) is 0 Å². The van der Waals surface area contributed by atoms with E-state index in [9.17, 15) is 14.4 Å². The number of nitrogens with one attached hydrogen (secondary N) is 2. The summed E-state index contributed by atoms with van der Waals surface area (Å²) in [5.74, 6) is -0.743. The monoisotopic (exact) mass is 434 g/mol. The lowest BCUT2D eigenvalue weighted by Gasteiger charge is -2.17. The number of carbonyl (C=O) groups is 3. The van der Waals surface area contributed by atoms with E-state index in [1.807, 2.05) is 18.2 Å². The first-order valence-electron chi connectivity index (χ1n) is 9.27. The maximum absolute atomic E-state index is 12.1. The van der Waals surface area contributed by atoms with Gasteiger partial charge in [0.25, 0.3) is 0 Å². The highest BCUT2D eigenvalue weighted by molar-refractivity contribution is 6.31. The van der Waals surface area contributed by atoms with Crippen molar-refractivity contribution in [2.24, 2.45) is 0 Å². The number of benzene rings is 2. The molecular formula is C21H23ClN2O6. The molecule has 0 aliphatic rings. The predicted molar refractivity (Wildman–Crippen MR) is 110 cm³/mol. The Kier molecular flexibility index (Phi) is 9.47. The Labute approximate surface area is 179 Å². The van der Waals surface area contributed by atoms with Crippen molar-refractivity contribution < 1.29 is 28.6 Å². The van der Waals surface area contributed by atoms with E-state index >= 15 is 0 Å². The summed E-state index contributed by atoms with van der Waals surface area (Å²) in [6.07, 6.45) is -1.61. The number of esters is 1. The van der Waals surface area contributed by atoms with Gasteiger partial charge in [-0.25, -0.2) is 14.4 Å². The molecule has 0 bridgehead atoms. The van der Waals surface area contributed by atoms with Crippen LogP contribution in [0.25, 0.3) is 0 Å². The summed E-state index contributed by atoms with van der Waals surface area (Å²) in [5, 5.41) is 5.38. The van der Waals surface area contributed by atoms with Gasteiger partial charge in [-0.3, -0.25) is 0 Å². The number of halogens is 1. The molecule has 30 heavy (non-hydrogen) atoms. The molecule has 0 aromatic heterocycles. The van der Waals surface area contributed by atoms with Crippen LogP contribution in [0.4, 0.5) is 9.59 Å². The Bertz CT molecular complexity index is 846. The van der Waals surface area contributed by atoms with E-state index in [-0.39, 0.29) is 19.8 Å². The first-order chi connectivity index (χ1) is 14.5. The molecular weight excluding hydrogens is 412 g/mol. The third kappa shape index (κ3) is 8.00. The van der Waals surface area contributed by atoms with Gasteiger partial charge in [0.1, 0.15) is 13.2 Å². The van der Waals surface area contributed by atoms with E-state index in [0.29, 0.717) is 10.6 Å². The molecule has 2 aromatic carbocycles. The zero-order valence-corrected chi connectivity index (χ0v) is 17.2. The van der Waals surface area contributed by atoms with Crippen LogP contribution in [-0.4, -0.2) is 37.4 Å². The molecule has 1 atom stereocenters. The molecule has 2 rings (SSSR count). The Morgan fingerprint density at radius 3 is 2.33 bits per heavy atom. The molecule has 2 aromatic rings. The minimum Gasteiger partial charge on any atom is -0.464 e. The predicted octanol–water partition coefficient (Wildman–Crippen LogP) is 3.42. The summed E-state index contributed by atoms with van der Waals surface area (Å²) in [4.78, 5) is 36.0. The maximum atomic E-state index is 12.1. The molecule has 2 N–H and O–H groups in total. The average molecular weight is 435 g/mol. The summed E-state index contributed by atoms with van der Waals surface area (Å²) in [6, 6.07) is 14.9. The first kappa shape index (κ1) is 23.0. The van der Waals surface area contributed by atoms with Crippen molar-refractivity contribution in [1.29, 1.82) is 0 Å². The largest absolute Gasteiger partial charge is 0.464 e. The van der Waals surface area contributed by atoms with Crippen molar-refractivity contribution >= 4 is 29.8 Å². The zero-order chi connectivity index (χ0) is 21.8. The molecule has 160 valence electrons. The Morgan fingerprint density at radius 1 is 0.933 bits per heavy atom. The minimum atomic E-state index is -1.21. The lowest BCUT2D eigenvalue weighted by atomic mass is 10.2. The van der Waals surface area contributed by atoms with E-state index < -0.39 is 30.8 Å². The molecule has 0 heterocycles. The van der Waals surface area contributed by atoms with Crippen LogP contribution in [0.3, 0.4) is 0 Å². The van der Waals surface area contributed by atoms with E-state index in [4.69, 9.17) is 25.8 Å². The van der Waals surface area contributed by atoms with E-state index in [2.05, 4.69) is 10.6 Å². The van der Waals surface area contributed by atoms with Crippen LogP contribution in [0.15, 0.2) is 54.6 Å². The van der Waals surface area contributed by atoms with Crippen molar-refractivity contribution in [3.63, 3.8) is 0 Å². The minimum absolute atomic E-state index is 0.0292. The molecule has 2 amide bonds. The summed E-state index contributed by atoms with van der Waals surface area (Å²) >= 11 is 6.03. The first-order valence-corrected chi connectivity index (χ1v) is 9.65. The van der Waals surface area contributed by atoms with Crippen LogP contribution >= 0.6 is 11.6 Å². The van der Waals surface area contributed by atoms with Crippen molar-refractivity contribution in [3.05, 3.63) is 70.7 Å². The number of hydrogen-bond acceptors (Lipinski definition) is 6. The molecule has 0 radical (unpaired) electrons. The quantitative estimate of drug-likeness (QED) is 0.463. The number of amides is 2. The Morgan fingerprint density at radius 2 is 1.63 bits per heavy atom. The SMILES string of the molecule is CCOC(=O)[C@H](COC(=O)NCc1ccccc1Cl)NC(=O)OCc1ccccc1. The molecule has 0 fully saturated rings. The summed E-state index contributed by atoms with van der Waals surface area (Å²) < 4.78 is 15.0. The molecule has 0 spiro atoms. The van der Waals surface area contributed by atoms with Gasteiger partial charge in [0.05, 0.1) is 6.61 Å². The van der Waals surface area contributed by atoms with Crippen molar-refractivity contribution in [1.82, 2.24) is 10.6 Å². The van der Waals surface area contributed by atoms with Crippen LogP contribution in [0.2, 0.25) is 5.02 Å². The molecule has 9 heteroatoms. The van der Waals surface area contributed by atoms with E-state index in [0.717, 1.165) is 5.56 Å². The van der Waals surface area contributed by atoms with Gasteiger partial charge in [-0.1, -0.05) is 60.1 Å². The second-order valence-electron chi connectivity index (χ2n) is 6.05. The van der Waals surface area contributed by atoms with Gasteiger partial charge in [0, 0.05) is 11.6 Å². The van der Waals surface area contributed by atoms with Gasteiger partial charge < -0.3 is 24.8 Å². The number of rotatable bonds is 9. The fourth-order valence-electron chi connectivity index (χ4n) is 2.34. The average Bonchev–Trinajstić information content (AvgIpc) is 2.75. The summed E-state index contributed by atoms with van der Waals surface area (Å²) in [7, 11) is 0.